The zero-order valence-corrected chi connectivity index (χ0v) is 12.2. The molecule has 0 spiro atoms. The van der Waals surface area contributed by atoms with Crippen LogP contribution < -0.4 is 10.6 Å². The summed E-state index contributed by atoms with van der Waals surface area (Å²) in [6, 6.07) is 11.6. The topological polar surface area (TPSA) is 41.1 Å². The monoisotopic (exact) mass is 320 g/mol. The van der Waals surface area contributed by atoms with Gasteiger partial charge in [-0.2, -0.15) is 13.2 Å². The summed E-state index contributed by atoms with van der Waals surface area (Å²) in [5.41, 5.74) is 1.29. The SMILES string of the molecule is O=C(Nc1cccc(C(F)(F)F)c1)C1NCCc2ccccc21. The first-order valence-electron chi connectivity index (χ1n) is 7.24. The minimum absolute atomic E-state index is 0.134. The molecule has 0 fully saturated rings. The van der Waals surface area contributed by atoms with Gasteiger partial charge in [-0.05, 0) is 35.7 Å². The quantitative estimate of drug-likeness (QED) is 0.889. The van der Waals surface area contributed by atoms with Gasteiger partial charge in [-0.15, -0.1) is 0 Å². The summed E-state index contributed by atoms with van der Waals surface area (Å²) in [4.78, 5) is 12.4. The van der Waals surface area contributed by atoms with Crippen LogP contribution in [0, 0.1) is 0 Å². The number of amides is 1. The molecule has 1 aliphatic heterocycles. The summed E-state index contributed by atoms with van der Waals surface area (Å²) in [5, 5.41) is 5.67. The van der Waals surface area contributed by atoms with E-state index < -0.39 is 17.8 Å². The average Bonchev–Trinajstić information content (AvgIpc) is 2.53. The second kappa shape index (κ2) is 6.04. The first-order valence-corrected chi connectivity index (χ1v) is 7.24. The van der Waals surface area contributed by atoms with Crippen LogP contribution in [-0.4, -0.2) is 12.5 Å². The zero-order chi connectivity index (χ0) is 16.4. The number of halogens is 3. The van der Waals surface area contributed by atoms with Crippen LogP contribution in [0.4, 0.5) is 18.9 Å². The van der Waals surface area contributed by atoms with E-state index in [4.69, 9.17) is 0 Å². The number of hydrogen-bond donors (Lipinski definition) is 2. The fourth-order valence-corrected chi connectivity index (χ4v) is 2.73. The summed E-state index contributed by atoms with van der Waals surface area (Å²) in [5.74, 6) is -0.364. The maximum Gasteiger partial charge on any atom is 0.416 e. The fourth-order valence-electron chi connectivity index (χ4n) is 2.73. The number of carbonyl (C=O) groups is 1. The first-order chi connectivity index (χ1) is 10.9. The normalized spacial score (nSPS) is 17.4. The van der Waals surface area contributed by atoms with Crippen molar-refractivity contribution in [2.45, 2.75) is 18.6 Å². The summed E-state index contributed by atoms with van der Waals surface area (Å²) in [6.07, 6.45) is -3.61. The van der Waals surface area contributed by atoms with Crippen molar-refractivity contribution in [3.8, 4) is 0 Å². The molecule has 1 atom stereocenters. The van der Waals surface area contributed by atoms with Gasteiger partial charge in [0.1, 0.15) is 6.04 Å². The van der Waals surface area contributed by atoms with Crippen LogP contribution in [0.15, 0.2) is 48.5 Å². The van der Waals surface area contributed by atoms with E-state index >= 15 is 0 Å². The molecule has 0 saturated heterocycles. The minimum atomic E-state index is -4.43. The van der Waals surface area contributed by atoms with Crippen molar-refractivity contribution < 1.29 is 18.0 Å². The van der Waals surface area contributed by atoms with E-state index in [9.17, 15) is 18.0 Å². The van der Waals surface area contributed by atoms with Gasteiger partial charge in [0.05, 0.1) is 5.56 Å². The molecular formula is C17H15F3N2O. The maximum atomic E-state index is 12.7. The molecule has 0 aliphatic carbocycles. The highest BCUT2D eigenvalue weighted by molar-refractivity contribution is 5.96. The number of nitrogens with one attached hydrogen (secondary N) is 2. The van der Waals surface area contributed by atoms with Gasteiger partial charge >= 0.3 is 6.18 Å². The summed E-state index contributed by atoms with van der Waals surface area (Å²) in [7, 11) is 0. The average molecular weight is 320 g/mol. The van der Waals surface area contributed by atoms with E-state index in [1.54, 1.807) is 0 Å². The van der Waals surface area contributed by atoms with Crippen molar-refractivity contribution in [2.24, 2.45) is 0 Å². The summed E-state index contributed by atoms with van der Waals surface area (Å²) in [6.45, 7) is 0.650. The number of carbonyl (C=O) groups excluding carboxylic acids is 1. The van der Waals surface area contributed by atoms with Crippen LogP contribution >= 0.6 is 0 Å². The lowest BCUT2D eigenvalue weighted by atomic mass is 9.94. The molecule has 1 unspecified atom stereocenters. The fraction of sp³-hybridized carbons (Fsp3) is 0.235. The van der Waals surface area contributed by atoms with Gasteiger partial charge < -0.3 is 10.6 Å². The molecule has 0 saturated carbocycles. The van der Waals surface area contributed by atoms with Crippen molar-refractivity contribution in [1.82, 2.24) is 5.32 Å². The van der Waals surface area contributed by atoms with Crippen LogP contribution in [0.2, 0.25) is 0 Å². The number of anilines is 1. The lowest BCUT2D eigenvalue weighted by Gasteiger charge is -2.26. The molecule has 1 aliphatic rings. The molecule has 3 rings (SSSR count). The Bertz CT molecular complexity index is 728. The highest BCUT2D eigenvalue weighted by Gasteiger charge is 2.31. The van der Waals surface area contributed by atoms with E-state index in [-0.39, 0.29) is 11.6 Å². The van der Waals surface area contributed by atoms with Crippen LogP contribution in [0.5, 0.6) is 0 Å². The van der Waals surface area contributed by atoms with E-state index in [0.29, 0.717) is 6.54 Å². The van der Waals surface area contributed by atoms with Gasteiger partial charge in [0.25, 0.3) is 0 Å². The lowest BCUT2D eigenvalue weighted by Crippen LogP contribution is -2.38. The standard InChI is InChI=1S/C17H15F3N2O/c18-17(19,20)12-5-3-6-13(10-12)22-16(23)15-14-7-2-1-4-11(14)8-9-21-15/h1-7,10,15,21H,8-9H2,(H,22,23). The Hall–Kier alpha value is -2.34. The number of alkyl halides is 3. The molecule has 0 bridgehead atoms. The Morgan fingerprint density at radius 2 is 1.91 bits per heavy atom. The van der Waals surface area contributed by atoms with Crippen molar-refractivity contribution in [1.29, 1.82) is 0 Å². The Labute approximate surface area is 131 Å². The third kappa shape index (κ3) is 3.37. The van der Waals surface area contributed by atoms with Gasteiger partial charge in [0.15, 0.2) is 0 Å². The molecule has 3 nitrogen and oxygen atoms in total. The predicted octanol–water partition coefficient (Wildman–Crippen LogP) is 3.53. The largest absolute Gasteiger partial charge is 0.416 e. The molecule has 1 heterocycles. The van der Waals surface area contributed by atoms with Crippen LogP contribution in [0.1, 0.15) is 22.7 Å². The smallest absolute Gasteiger partial charge is 0.324 e. The highest BCUT2D eigenvalue weighted by atomic mass is 19.4. The van der Waals surface area contributed by atoms with E-state index in [2.05, 4.69) is 10.6 Å². The maximum absolute atomic E-state index is 12.7. The molecule has 0 radical (unpaired) electrons. The predicted molar refractivity (Wildman–Crippen MR) is 81.0 cm³/mol. The van der Waals surface area contributed by atoms with Crippen LogP contribution in [0.3, 0.4) is 0 Å². The van der Waals surface area contributed by atoms with Crippen molar-refractivity contribution in [2.75, 3.05) is 11.9 Å². The van der Waals surface area contributed by atoms with Crippen molar-refractivity contribution in [3.05, 3.63) is 65.2 Å². The van der Waals surface area contributed by atoms with E-state index in [0.717, 1.165) is 29.7 Å². The van der Waals surface area contributed by atoms with Crippen LogP contribution in [-0.2, 0) is 17.4 Å². The zero-order valence-electron chi connectivity index (χ0n) is 12.2. The Kier molecular flexibility index (Phi) is 4.09. The van der Waals surface area contributed by atoms with Gasteiger partial charge in [0.2, 0.25) is 5.91 Å². The summed E-state index contributed by atoms with van der Waals surface area (Å²) < 4.78 is 38.2. The van der Waals surface area contributed by atoms with E-state index in [1.807, 2.05) is 24.3 Å². The number of hydrogen-bond acceptors (Lipinski definition) is 2. The van der Waals surface area contributed by atoms with Crippen molar-refractivity contribution in [3.63, 3.8) is 0 Å². The second-order valence-electron chi connectivity index (χ2n) is 5.40. The highest BCUT2D eigenvalue weighted by Crippen LogP contribution is 2.31. The third-order valence-electron chi connectivity index (χ3n) is 3.83. The van der Waals surface area contributed by atoms with Gasteiger partial charge in [-0.1, -0.05) is 30.3 Å². The lowest BCUT2D eigenvalue weighted by molar-refractivity contribution is -0.137. The molecule has 6 heteroatoms. The number of benzene rings is 2. The van der Waals surface area contributed by atoms with Gasteiger partial charge in [0, 0.05) is 12.2 Å². The Morgan fingerprint density at radius 1 is 1.13 bits per heavy atom. The second-order valence-corrected chi connectivity index (χ2v) is 5.40. The molecule has 2 N–H and O–H groups in total. The molecule has 0 aromatic heterocycles. The van der Waals surface area contributed by atoms with Crippen molar-refractivity contribution >= 4 is 11.6 Å². The molecular weight excluding hydrogens is 305 g/mol. The molecule has 2 aromatic carbocycles. The van der Waals surface area contributed by atoms with E-state index in [1.165, 1.54) is 12.1 Å². The van der Waals surface area contributed by atoms with Gasteiger partial charge in [-0.3, -0.25) is 4.79 Å². The first kappa shape index (κ1) is 15.6. The number of rotatable bonds is 2. The van der Waals surface area contributed by atoms with Gasteiger partial charge in [-0.25, -0.2) is 0 Å². The Morgan fingerprint density at radius 3 is 2.70 bits per heavy atom. The Balaban J connectivity index is 1.81. The molecule has 1 amide bonds. The molecule has 120 valence electrons. The molecule has 2 aromatic rings. The van der Waals surface area contributed by atoms with Crippen LogP contribution in [0.25, 0.3) is 0 Å². The third-order valence-corrected chi connectivity index (χ3v) is 3.83. The number of fused-ring (bicyclic) bond motifs is 1. The minimum Gasteiger partial charge on any atom is -0.324 e. The summed E-state index contributed by atoms with van der Waals surface area (Å²) >= 11 is 0. The molecule has 23 heavy (non-hydrogen) atoms.